The molecule has 0 aliphatic heterocycles. The molecule has 1 heterocycles. The first-order valence-electron chi connectivity index (χ1n) is 8.20. The Balaban J connectivity index is 1.54. The molecule has 2 aromatic carbocycles. The first kappa shape index (κ1) is 18.3. The molecule has 1 N–H and O–H groups in total. The van der Waals surface area contributed by atoms with Gasteiger partial charge in [0.2, 0.25) is 10.0 Å². The minimum atomic E-state index is -3.74. The highest BCUT2D eigenvalue weighted by atomic mass is 32.2. The first-order valence-corrected chi connectivity index (χ1v) is 9.68. The summed E-state index contributed by atoms with van der Waals surface area (Å²) >= 11 is 0. The van der Waals surface area contributed by atoms with Gasteiger partial charge >= 0.3 is 0 Å². The predicted octanol–water partition coefficient (Wildman–Crippen LogP) is 3.43. The number of aromatic nitrogens is 1. The number of halogens is 1. The highest BCUT2D eigenvalue weighted by Crippen LogP contribution is 2.23. The minimum absolute atomic E-state index is 0.0835. The molecule has 0 spiro atoms. The number of aryl methyl sites for hydroxylation is 1. The van der Waals surface area contributed by atoms with Crippen LogP contribution in [0.4, 0.5) is 4.39 Å². The van der Waals surface area contributed by atoms with E-state index in [0.29, 0.717) is 24.3 Å². The van der Waals surface area contributed by atoms with Crippen molar-refractivity contribution in [1.29, 1.82) is 0 Å². The molecule has 5 nitrogen and oxygen atoms in total. The molecule has 0 saturated carbocycles. The van der Waals surface area contributed by atoms with Gasteiger partial charge in [0, 0.05) is 18.1 Å². The second-order valence-corrected chi connectivity index (χ2v) is 7.61. The maximum atomic E-state index is 13.5. The van der Waals surface area contributed by atoms with E-state index in [4.69, 9.17) is 4.74 Å². The van der Waals surface area contributed by atoms with Crippen LogP contribution in [0.3, 0.4) is 0 Å². The topological polar surface area (TPSA) is 68.3 Å². The number of benzene rings is 2. The van der Waals surface area contributed by atoms with Gasteiger partial charge in [0.1, 0.15) is 17.1 Å². The van der Waals surface area contributed by atoms with E-state index in [1.165, 1.54) is 12.1 Å². The number of nitrogens with one attached hydrogen (secondary N) is 1. The largest absolute Gasteiger partial charge is 0.491 e. The molecule has 0 saturated heterocycles. The van der Waals surface area contributed by atoms with E-state index in [1.54, 1.807) is 13.1 Å². The number of hydrogen-bond donors (Lipinski definition) is 1. The lowest BCUT2D eigenvalue weighted by Crippen LogP contribution is -2.26. The van der Waals surface area contributed by atoms with E-state index in [2.05, 4.69) is 9.71 Å². The molecule has 1 aromatic heterocycles. The molecule has 0 fully saturated rings. The van der Waals surface area contributed by atoms with Crippen molar-refractivity contribution >= 4 is 20.9 Å². The summed E-state index contributed by atoms with van der Waals surface area (Å²) in [4.78, 5) is 4.22. The van der Waals surface area contributed by atoms with Crippen LogP contribution in [0.2, 0.25) is 0 Å². The summed E-state index contributed by atoms with van der Waals surface area (Å²) in [7, 11) is -3.74. The number of hydrogen-bond acceptors (Lipinski definition) is 4. The standard InChI is InChI=1S/C19H19FN2O3S/c1-14-8-9-16(13-17(14)20)26(23,24)22-11-4-12-25-18-7-2-5-15-6-3-10-21-19(15)18/h2-3,5-10,13,22H,4,11-12H2,1H3. The quantitative estimate of drug-likeness (QED) is 0.644. The average Bonchev–Trinajstić information content (AvgIpc) is 2.63. The molecule has 3 rings (SSSR count). The summed E-state index contributed by atoms with van der Waals surface area (Å²) in [5, 5.41) is 0.979. The summed E-state index contributed by atoms with van der Waals surface area (Å²) in [6.07, 6.45) is 2.17. The van der Waals surface area contributed by atoms with Crippen LogP contribution in [0.5, 0.6) is 5.75 Å². The smallest absolute Gasteiger partial charge is 0.240 e. The Kier molecular flexibility index (Phi) is 5.49. The number of fused-ring (bicyclic) bond motifs is 1. The van der Waals surface area contributed by atoms with Crippen LogP contribution < -0.4 is 9.46 Å². The second kappa shape index (κ2) is 7.80. The maximum Gasteiger partial charge on any atom is 0.240 e. The Morgan fingerprint density at radius 1 is 1.15 bits per heavy atom. The zero-order valence-electron chi connectivity index (χ0n) is 14.3. The zero-order chi connectivity index (χ0) is 18.6. The first-order chi connectivity index (χ1) is 12.5. The van der Waals surface area contributed by atoms with Gasteiger partial charge in [-0.2, -0.15) is 0 Å². The van der Waals surface area contributed by atoms with Crippen LogP contribution in [0, 0.1) is 12.7 Å². The number of ether oxygens (including phenoxy) is 1. The summed E-state index contributed by atoms with van der Waals surface area (Å²) < 4.78 is 46.1. The molecule has 0 unspecified atom stereocenters. The maximum absolute atomic E-state index is 13.5. The summed E-state index contributed by atoms with van der Waals surface area (Å²) in [6, 6.07) is 13.3. The monoisotopic (exact) mass is 374 g/mol. The van der Waals surface area contributed by atoms with Crippen molar-refractivity contribution in [2.45, 2.75) is 18.2 Å². The molecule has 0 aliphatic rings. The van der Waals surface area contributed by atoms with E-state index in [9.17, 15) is 12.8 Å². The highest BCUT2D eigenvalue weighted by Gasteiger charge is 2.14. The Hall–Kier alpha value is -2.51. The molecule has 0 radical (unpaired) electrons. The zero-order valence-corrected chi connectivity index (χ0v) is 15.1. The molecule has 0 bridgehead atoms. The van der Waals surface area contributed by atoms with Gasteiger partial charge < -0.3 is 4.74 Å². The van der Waals surface area contributed by atoms with Crippen molar-refractivity contribution in [1.82, 2.24) is 9.71 Å². The van der Waals surface area contributed by atoms with E-state index >= 15 is 0 Å². The van der Waals surface area contributed by atoms with Gasteiger partial charge in [0.15, 0.2) is 0 Å². The average molecular weight is 374 g/mol. The van der Waals surface area contributed by atoms with Crippen LogP contribution >= 0.6 is 0 Å². The molecule has 0 amide bonds. The molecule has 0 aliphatic carbocycles. The van der Waals surface area contributed by atoms with Gasteiger partial charge in [0.05, 0.1) is 11.5 Å². The summed E-state index contributed by atoms with van der Waals surface area (Å²) in [5.74, 6) is 0.117. The van der Waals surface area contributed by atoms with Gasteiger partial charge in [-0.05, 0) is 43.2 Å². The van der Waals surface area contributed by atoms with Crippen molar-refractivity contribution in [2.24, 2.45) is 0 Å². The Labute approximate surface area is 151 Å². The highest BCUT2D eigenvalue weighted by molar-refractivity contribution is 7.89. The number of rotatable bonds is 7. The predicted molar refractivity (Wildman–Crippen MR) is 98.2 cm³/mol. The van der Waals surface area contributed by atoms with Crippen molar-refractivity contribution < 1.29 is 17.5 Å². The van der Waals surface area contributed by atoms with E-state index in [-0.39, 0.29) is 11.4 Å². The van der Waals surface area contributed by atoms with E-state index < -0.39 is 15.8 Å². The van der Waals surface area contributed by atoms with Gasteiger partial charge in [-0.1, -0.05) is 24.3 Å². The minimum Gasteiger partial charge on any atom is -0.491 e. The van der Waals surface area contributed by atoms with E-state index in [1.807, 2.05) is 30.3 Å². The van der Waals surface area contributed by atoms with Crippen LogP contribution in [0.25, 0.3) is 10.9 Å². The van der Waals surface area contributed by atoms with Crippen LogP contribution in [0.15, 0.2) is 59.6 Å². The Bertz CT molecular complexity index is 1020. The van der Waals surface area contributed by atoms with Crippen LogP contribution in [-0.4, -0.2) is 26.6 Å². The fourth-order valence-electron chi connectivity index (χ4n) is 2.48. The summed E-state index contributed by atoms with van der Waals surface area (Å²) in [6.45, 7) is 2.11. The van der Waals surface area contributed by atoms with Gasteiger partial charge in [0.25, 0.3) is 0 Å². The SMILES string of the molecule is Cc1ccc(S(=O)(=O)NCCCOc2cccc3cccnc23)cc1F. The summed E-state index contributed by atoms with van der Waals surface area (Å²) in [5.41, 5.74) is 1.17. The number of pyridine rings is 1. The van der Waals surface area contributed by atoms with Crippen LogP contribution in [-0.2, 0) is 10.0 Å². The number of sulfonamides is 1. The second-order valence-electron chi connectivity index (χ2n) is 5.84. The molecule has 7 heteroatoms. The van der Waals surface area contributed by atoms with Gasteiger partial charge in [-0.3, -0.25) is 4.98 Å². The van der Waals surface area contributed by atoms with Crippen molar-refractivity contribution in [3.63, 3.8) is 0 Å². The lowest BCUT2D eigenvalue weighted by molar-refractivity contribution is 0.314. The third kappa shape index (κ3) is 4.17. The molecule has 136 valence electrons. The van der Waals surface area contributed by atoms with Crippen molar-refractivity contribution in [3.05, 3.63) is 66.1 Å². The molecular weight excluding hydrogens is 355 g/mol. The molecule has 0 atom stereocenters. The lowest BCUT2D eigenvalue weighted by Gasteiger charge is -2.10. The molecular formula is C19H19FN2O3S. The van der Waals surface area contributed by atoms with Gasteiger partial charge in [-0.25, -0.2) is 17.5 Å². The van der Waals surface area contributed by atoms with Crippen molar-refractivity contribution in [3.8, 4) is 5.75 Å². The fourth-order valence-corrected chi connectivity index (χ4v) is 3.56. The number of nitrogens with zero attached hydrogens (tertiary/aromatic N) is 1. The van der Waals surface area contributed by atoms with Crippen molar-refractivity contribution in [2.75, 3.05) is 13.2 Å². The lowest BCUT2D eigenvalue weighted by atomic mass is 10.2. The molecule has 26 heavy (non-hydrogen) atoms. The van der Waals surface area contributed by atoms with Crippen LogP contribution in [0.1, 0.15) is 12.0 Å². The number of para-hydroxylation sites is 1. The third-order valence-electron chi connectivity index (χ3n) is 3.92. The Morgan fingerprint density at radius 2 is 1.96 bits per heavy atom. The van der Waals surface area contributed by atoms with E-state index in [0.717, 1.165) is 17.0 Å². The molecule has 3 aromatic rings. The van der Waals surface area contributed by atoms with Gasteiger partial charge in [-0.15, -0.1) is 0 Å². The third-order valence-corrected chi connectivity index (χ3v) is 5.38. The normalized spacial score (nSPS) is 11.6. The Morgan fingerprint density at radius 3 is 2.77 bits per heavy atom. The fraction of sp³-hybridized carbons (Fsp3) is 0.211.